The highest BCUT2D eigenvalue weighted by atomic mass is 16.7. The summed E-state index contributed by atoms with van der Waals surface area (Å²) < 4.78 is 22.8. The Hall–Kier alpha value is -3.01. The molecule has 9 nitrogen and oxygen atoms in total. The molecule has 0 aromatic heterocycles. The van der Waals surface area contributed by atoms with Gasteiger partial charge in [0.25, 0.3) is 0 Å². The number of aliphatic carboxylic acids is 1. The summed E-state index contributed by atoms with van der Waals surface area (Å²) in [7, 11) is 5.93. The first-order valence-corrected chi connectivity index (χ1v) is 32.4. The molecule has 2 atom stereocenters. The number of carboxylic acid groups (broad SMARTS) is 1. The van der Waals surface area contributed by atoms with Crippen LogP contribution in [0.5, 0.6) is 0 Å². The van der Waals surface area contributed by atoms with Crippen molar-refractivity contribution in [2.75, 3.05) is 47.5 Å². The maximum atomic E-state index is 12.9. The van der Waals surface area contributed by atoms with Crippen LogP contribution in [0.4, 0.5) is 0 Å². The van der Waals surface area contributed by atoms with E-state index in [0.717, 1.165) is 77.0 Å². The van der Waals surface area contributed by atoms with E-state index in [1.807, 2.05) is 21.1 Å². The molecule has 0 fully saturated rings. The molecule has 77 heavy (non-hydrogen) atoms. The molecule has 0 rings (SSSR count). The summed E-state index contributed by atoms with van der Waals surface area (Å²) in [6.45, 7) is 4.67. The van der Waals surface area contributed by atoms with E-state index in [2.05, 4.69) is 74.6 Å². The maximum absolute atomic E-state index is 12.9. The zero-order valence-corrected chi connectivity index (χ0v) is 51.1. The van der Waals surface area contributed by atoms with Crippen molar-refractivity contribution in [3.05, 3.63) is 60.8 Å². The second-order valence-electron chi connectivity index (χ2n) is 23.0. The van der Waals surface area contributed by atoms with Gasteiger partial charge in [0.15, 0.2) is 12.4 Å². The van der Waals surface area contributed by atoms with Crippen LogP contribution in [0, 0.1) is 0 Å². The SMILES string of the molecule is CC/C=C\C/C=C\C/C=C\C/C=C\C/C=C\CCCCCCCCCCCC(=O)OC(COC(=O)CCCCCCCCCCCCCCCCCCCCCCCCCCCCC)COC(OCC[N+](C)(C)C)C(=O)[O-]. The van der Waals surface area contributed by atoms with Crippen LogP contribution in [-0.2, 0) is 33.3 Å². The molecule has 0 bridgehead atoms. The number of likely N-dealkylation sites (N-methyl/N-ethyl adjacent to an activating group) is 1. The van der Waals surface area contributed by atoms with Crippen molar-refractivity contribution in [3.63, 3.8) is 0 Å². The summed E-state index contributed by atoms with van der Waals surface area (Å²) in [6, 6.07) is 0. The van der Waals surface area contributed by atoms with Crippen LogP contribution in [0.2, 0.25) is 0 Å². The quantitative estimate of drug-likeness (QED) is 0.0195. The fourth-order valence-corrected chi connectivity index (χ4v) is 9.33. The smallest absolute Gasteiger partial charge is 0.306 e. The standard InChI is InChI=1S/C68H123NO8/c1-6-8-10-12-14-16-18-20-22-24-26-28-30-32-33-35-36-38-40-42-44-46-48-50-52-54-56-58-65(70)75-62-64(63-76-68(67(72)73)74-61-60-69(3,4)5)77-66(71)59-57-55-53-51-49-47-45-43-41-39-37-34-31-29-27-25-23-21-19-17-15-13-11-9-7-2/h9,11,15,17,21,23,27,29,34,37,64,68H,6-8,10,12-14,16,18-20,22,24-26,28,30-33,35-36,38-63H2,1-5H3/b11-9-,17-15-,23-21-,29-27-,37-34-. The van der Waals surface area contributed by atoms with Gasteiger partial charge in [-0.3, -0.25) is 9.59 Å². The van der Waals surface area contributed by atoms with Crippen LogP contribution < -0.4 is 5.11 Å². The average Bonchev–Trinajstić information content (AvgIpc) is 3.40. The third-order valence-electron chi connectivity index (χ3n) is 14.3. The molecule has 9 heteroatoms. The molecule has 0 saturated carbocycles. The van der Waals surface area contributed by atoms with E-state index in [0.29, 0.717) is 23.9 Å². The summed E-state index contributed by atoms with van der Waals surface area (Å²) in [4.78, 5) is 37.4. The van der Waals surface area contributed by atoms with Crippen LogP contribution in [0.3, 0.4) is 0 Å². The van der Waals surface area contributed by atoms with Gasteiger partial charge in [0.1, 0.15) is 13.2 Å². The van der Waals surface area contributed by atoms with Gasteiger partial charge in [-0.2, -0.15) is 0 Å². The summed E-state index contributed by atoms with van der Waals surface area (Å²) in [5.74, 6) is -2.28. The number of hydrogen-bond donors (Lipinski definition) is 0. The van der Waals surface area contributed by atoms with E-state index in [1.165, 1.54) is 186 Å². The second kappa shape index (κ2) is 59.1. The largest absolute Gasteiger partial charge is 0.545 e. The lowest BCUT2D eigenvalue weighted by Crippen LogP contribution is -2.44. The van der Waals surface area contributed by atoms with E-state index in [9.17, 15) is 19.5 Å². The molecule has 0 amide bonds. The summed E-state index contributed by atoms with van der Waals surface area (Å²) in [5, 5.41) is 11.8. The van der Waals surface area contributed by atoms with Crippen LogP contribution in [-0.4, -0.2) is 82.3 Å². The Labute approximate surface area is 475 Å². The van der Waals surface area contributed by atoms with Crippen LogP contribution in [0.15, 0.2) is 60.8 Å². The van der Waals surface area contributed by atoms with Crippen molar-refractivity contribution >= 4 is 17.9 Å². The number of ether oxygens (including phenoxy) is 4. The fourth-order valence-electron chi connectivity index (χ4n) is 9.33. The molecule has 0 aliphatic rings. The molecule has 448 valence electrons. The lowest BCUT2D eigenvalue weighted by atomic mass is 10.0. The first-order chi connectivity index (χ1) is 37.6. The van der Waals surface area contributed by atoms with Crippen molar-refractivity contribution in [2.45, 2.75) is 309 Å². The molecular weight excluding hydrogens is 959 g/mol. The number of hydrogen-bond acceptors (Lipinski definition) is 8. The van der Waals surface area contributed by atoms with Gasteiger partial charge < -0.3 is 33.3 Å². The number of rotatable bonds is 60. The van der Waals surface area contributed by atoms with Crippen molar-refractivity contribution in [1.82, 2.24) is 0 Å². The Balaban J connectivity index is 4.16. The zero-order chi connectivity index (χ0) is 56.2. The molecule has 0 saturated heterocycles. The highest BCUT2D eigenvalue weighted by molar-refractivity contribution is 5.70. The number of nitrogens with zero attached hydrogens (tertiary/aromatic N) is 1. The number of esters is 2. The van der Waals surface area contributed by atoms with Gasteiger partial charge in [-0.05, 0) is 57.8 Å². The highest BCUT2D eigenvalue weighted by Gasteiger charge is 2.22. The number of carbonyl (C=O) groups is 3. The molecule has 2 unspecified atom stereocenters. The normalized spacial score (nSPS) is 13.1. The first kappa shape index (κ1) is 74.0. The molecule has 0 N–H and O–H groups in total. The minimum atomic E-state index is -1.62. The molecule has 0 aliphatic heterocycles. The van der Waals surface area contributed by atoms with Gasteiger partial charge in [-0.15, -0.1) is 0 Å². The molecular formula is C68H123NO8. The minimum absolute atomic E-state index is 0.146. The maximum Gasteiger partial charge on any atom is 0.306 e. The third kappa shape index (κ3) is 60.5. The summed E-state index contributed by atoms with van der Waals surface area (Å²) >= 11 is 0. The minimum Gasteiger partial charge on any atom is -0.545 e. The number of carboxylic acids is 1. The second-order valence-corrected chi connectivity index (χ2v) is 23.0. The predicted molar refractivity (Wildman–Crippen MR) is 325 cm³/mol. The summed E-state index contributed by atoms with van der Waals surface area (Å²) in [5.41, 5.74) is 0. The topological polar surface area (TPSA) is 111 Å². The van der Waals surface area contributed by atoms with Crippen molar-refractivity contribution in [2.24, 2.45) is 0 Å². The Kier molecular flexibility index (Phi) is 56.8. The number of allylic oxidation sites excluding steroid dienone is 10. The Morgan fingerprint density at radius 1 is 0.403 bits per heavy atom. The number of carbonyl (C=O) groups excluding carboxylic acids is 3. The van der Waals surface area contributed by atoms with E-state index in [-0.39, 0.29) is 32.2 Å². The first-order valence-electron chi connectivity index (χ1n) is 32.4. The molecule has 0 spiro atoms. The Morgan fingerprint density at radius 2 is 0.740 bits per heavy atom. The monoisotopic (exact) mass is 1080 g/mol. The van der Waals surface area contributed by atoms with Gasteiger partial charge in [0.2, 0.25) is 0 Å². The lowest BCUT2D eigenvalue weighted by molar-refractivity contribution is -0.870. The number of quaternary nitrogens is 1. The van der Waals surface area contributed by atoms with Gasteiger partial charge >= 0.3 is 11.9 Å². The summed E-state index contributed by atoms with van der Waals surface area (Å²) in [6.07, 6.45) is 72.9. The molecule has 0 radical (unpaired) electrons. The van der Waals surface area contributed by atoms with E-state index in [4.69, 9.17) is 18.9 Å². The number of unbranched alkanes of at least 4 members (excludes halogenated alkanes) is 35. The Morgan fingerprint density at radius 3 is 1.10 bits per heavy atom. The van der Waals surface area contributed by atoms with Crippen LogP contribution in [0.25, 0.3) is 0 Å². The fraction of sp³-hybridized carbons (Fsp3) is 0.809. The van der Waals surface area contributed by atoms with Crippen molar-refractivity contribution in [1.29, 1.82) is 0 Å². The van der Waals surface area contributed by atoms with Gasteiger partial charge in [0.05, 0.1) is 40.3 Å². The predicted octanol–water partition coefficient (Wildman–Crippen LogP) is 18.2. The van der Waals surface area contributed by atoms with E-state index in [1.54, 1.807) is 0 Å². The zero-order valence-electron chi connectivity index (χ0n) is 51.1. The third-order valence-corrected chi connectivity index (χ3v) is 14.3. The molecule has 0 aromatic carbocycles. The van der Waals surface area contributed by atoms with Crippen molar-refractivity contribution in [3.8, 4) is 0 Å². The Bertz CT molecular complexity index is 1450. The molecule has 0 heterocycles. The lowest BCUT2D eigenvalue weighted by Gasteiger charge is -2.26. The molecule has 0 aliphatic carbocycles. The van der Waals surface area contributed by atoms with Gasteiger partial charge in [-0.1, -0.05) is 286 Å². The van der Waals surface area contributed by atoms with Crippen LogP contribution in [0.1, 0.15) is 296 Å². The van der Waals surface area contributed by atoms with Crippen molar-refractivity contribution < 1.29 is 42.9 Å². The average molecular weight is 1080 g/mol. The van der Waals surface area contributed by atoms with Gasteiger partial charge in [-0.25, -0.2) is 0 Å². The van der Waals surface area contributed by atoms with Gasteiger partial charge in [0, 0.05) is 12.8 Å². The highest BCUT2D eigenvalue weighted by Crippen LogP contribution is 2.18. The molecule has 0 aromatic rings. The van der Waals surface area contributed by atoms with E-state index >= 15 is 0 Å². The van der Waals surface area contributed by atoms with Crippen LogP contribution >= 0.6 is 0 Å². The van der Waals surface area contributed by atoms with E-state index < -0.39 is 24.3 Å².